The first-order valence-corrected chi connectivity index (χ1v) is 15.7. The first-order valence-electron chi connectivity index (χ1n) is 14.8. The maximum Gasteiger partial charge on any atom is 0.248 e. The van der Waals surface area contributed by atoms with Crippen molar-refractivity contribution in [3.05, 3.63) is 96.1 Å². The van der Waals surface area contributed by atoms with Gasteiger partial charge in [0.25, 0.3) is 0 Å². The molecule has 0 radical (unpaired) electrons. The summed E-state index contributed by atoms with van der Waals surface area (Å²) in [5, 5.41) is 16.7. The number of aliphatic hydroxyl groups is 1. The van der Waals surface area contributed by atoms with Crippen molar-refractivity contribution in [1.29, 1.82) is 0 Å². The molecule has 3 heterocycles. The fourth-order valence-electron chi connectivity index (χ4n) is 7.38. The SMILES string of the molecule is COc1ccc(NC(=O)C2N([C@@H](CO)Cc3ccccc3)C(=O)[C@@H]3[C@@H](C(=O)NCc4ccccc4)[C@H]4CC(C)C23S4)cc1. The van der Waals surface area contributed by atoms with Crippen molar-refractivity contribution in [2.24, 2.45) is 17.8 Å². The summed E-state index contributed by atoms with van der Waals surface area (Å²) >= 11 is 1.62. The predicted molar refractivity (Wildman–Crippen MR) is 166 cm³/mol. The second-order valence-electron chi connectivity index (χ2n) is 11.7. The molecule has 7 atom stereocenters. The molecule has 8 nitrogen and oxygen atoms in total. The third-order valence-electron chi connectivity index (χ3n) is 9.32. The molecular weight excluding hydrogens is 562 g/mol. The van der Waals surface area contributed by atoms with Gasteiger partial charge in [0, 0.05) is 17.5 Å². The Hall–Kier alpha value is -3.82. The Morgan fingerprint density at radius 2 is 1.65 bits per heavy atom. The van der Waals surface area contributed by atoms with Crippen LogP contribution < -0.4 is 15.4 Å². The van der Waals surface area contributed by atoms with E-state index in [0.29, 0.717) is 24.4 Å². The summed E-state index contributed by atoms with van der Waals surface area (Å²) in [5.74, 6) is -1.24. The van der Waals surface area contributed by atoms with E-state index in [1.807, 2.05) is 60.7 Å². The zero-order chi connectivity index (χ0) is 30.1. The van der Waals surface area contributed by atoms with Crippen LogP contribution in [0.3, 0.4) is 0 Å². The van der Waals surface area contributed by atoms with Crippen molar-refractivity contribution >= 4 is 35.2 Å². The number of aliphatic hydroxyl groups excluding tert-OH is 1. The summed E-state index contributed by atoms with van der Waals surface area (Å²) in [6, 6.07) is 25.0. The highest BCUT2D eigenvalue weighted by Crippen LogP contribution is 2.68. The van der Waals surface area contributed by atoms with Gasteiger partial charge in [-0.25, -0.2) is 0 Å². The number of ether oxygens (including phenoxy) is 1. The van der Waals surface area contributed by atoms with Crippen LogP contribution in [0.15, 0.2) is 84.9 Å². The van der Waals surface area contributed by atoms with Crippen molar-refractivity contribution in [2.75, 3.05) is 19.0 Å². The van der Waals surface area contributed by atoms with Gasteiger partial charge in [0.15, 0.2) is 0 Å². The fourth-order valence-corrected chi connectivity index (χ4v) is 9.79. The molecule has 3 saturated heterocycles. The van der Waals surface area contributed by atoms with E-state index in [0.717, 1.165) is 17.5 Å². The third-order valence-corrected chi connectivity index (χ3v) is 11.4. The Bertz CT molecular complexity index is 1470. The van der Waals surface area contributed by atoms with Gasteiger partial charge in [-0.15, -0.1) is 11.8 Å². The fraction of sp³-hybridized carbons (Fsp3) is 0.382. The van der Waals surface area contributed by atoms with Crippen LogP contribution in [0.4, 0.5) is 5.69 Å². The van der Waals surface area contributed by atoms with E-state index >= 15 is 0 Å². The largest absolute Gasteiger partial charge is 0.497 e. The Labute approximate surface area is 256 Å². The lowest BCUT2D eigenvalue weighted by molar-refractivity contribution is -0.142. The molecule has 3 amide bonds. The van der Waals surface area contributed by atoms with Gasteiger partial charge in [0.2, 0.25) is 17.7 Å². The Morgan fingerprint density at radius 1 is 1.00 bits per heavy atom. The van der Waals surface area contributed by atoms with Crippen LogP contribution >= 0.6 is 11.8 Å². The summed E-state index contributed by atoms with van der Waals surface area (Å²) in [6.45, 7) is 2.16. The minimum absolute atomic E-state index is 0.0160. The zero-order valence-corrected chi connectivity index (χ0v) is 25.1. The van der Waals surface area contributed by atoms with Gasteiger partial charge in [-0.3, -0.25) is 14.4 Å². The summed E-state index contributed by atoms with van der Waals surface area (Å²) in [4.78, 5) is 44.3. The van der Waals surface area contributed by atoms with E-state index in [1.165, 1.54) is 0 Å². The number of amides is 3. The molecule has 3 aliphatic rings. The maximum absolute atomic E-state index is 14.6. The highest BCUT2D eigenvalue weighted by Gasteiger charge is 2.76. The van der Waals surface area contributed by atoms with Gasteiger partial charge < -0.3 is 25.4 Å². The normalized spacial score (nSPS) is 27.9. The molecule has 0 aromatic heterocycles. The number of fused-ring (bicyclic) bond motifs is 1. The number of nitrogens with zero attached hydrogens (tertiary/aromatic N) is 1. The van der Waals surface area contributed by atoms with E-state index in [2.05, 4.69) is 17.6 Å². The Balaban J connectivity index is 1.35. The number of hydrogen-bond donors (Lipinski definition) is 3. The van der Waals surface area contributed by atoms with E-state index in [-0.39, 0.29) is 35.5 Å². The van der Waals surface area contributed by atoms with Crippen molar-refractivity contribution in [3.8, 4) is 5.75 Å². The maximum atomic E-state index is 14.6. The van der Waals surface area contributed by atoms with Crippen LogP contribution in [-0.4, -0.2) is 63.5 Å². The second kappa shape index (κ2) is 12.1. The van der Waals surface area contributed by atoms with Crippen LogP contribution in [0, 0.1) is 17.8 Å². The molecule has 1 spiro atoms. The first kappa shape index (κ1) is 29.3. The van der Waals surface area contributed by atoms with Gasteiger partial charge >= 0.3 is 0 Å². The number of nitrogens with one attached hydrogen (secondary N) is 2. The number of likely N-dealkylation sites (tertiary alicyclic amines) is 1. The number of thioether (sulfide) groups is 1. The number of benzene rings is 3. The van der Waals surface area contributed by atoms with E-state index < -0.39 is 28.7 Å². The molecule has 3 fully saturated rings. The van der Waals surface area contributed by atoms with E-state index in [9.17, 15) is 19.5 Å². The van der Waals surface area contributed by atoms with Gasteiger partial charge in [-0.2, -0.15) is 0 Å². The number of methoxy groups -OCH3 is 1. The highest BCUT2D eigenvalue weighted by molar-refractivity contribution is 8.02. The van der Waals surface area contributed by atoms with Crippen LogP contribution in [0.2, 0.25) is 0 Å². The Morgan fingerprint density at radius 3 is 2.28 bits per heavy atom. The lowest BCUT2D eigenvalue weighted by atomic mass is 9.66. The summed E-state index contributed by atoms with van der Waals surface area (Å²) in [5.41, 5.74) is 2.53. The molecule has 3 unspecified atom stereocenters. The molecule has 3 N–H and O–H groups in total. The topological polar surface area (TPSA) is 108 Å². The molecule has 43 heavy (non-hydrogen) atoms. The third kappa shape index (κ3) is 5.18. The van der Waals surface area contributed by atoms with Crippen molar-refractivity contribution in [1.82, 2.24) is 10.2 Å². The minimum Gasteiger partial charge on any atom is -0.497 e. The van der Waals surface area contributed by atoms with E-state index in [1.54, 1.807) is 48.0 Å². The lowest BCUT2D eigenvalue weighted by Crippen LogP contribution is -2.57. The average Bonchev–Trinajstić information content (AvgIpc) is 3.63. The van der Waals surface area contributed by atoms with Gasteiger partial charge in [-0.05, 0) is 54.2 Å². The monoisotopic (exact) mass is 599 g/mol. The summed E-state index contributed by atoms with van der Waals surface area (Å²) < 4.78 is 4.47. The van der Waals surface area contributed by atoms with Crippen molar-refractivity contribution in [3.63, 3.8) is 0 Å². The lowest BCUT2D eigenvalue weighted by Gasteiger charge is -2.40. The van der Waals surface area contributed by atoms with Crippen molar-refractivity contribution < 1.29 is 24.2 Å². The first-order chi connectivity index (χ1) is 20.9. The number of anilines is 1. The summed E-state index contributed by atoms with van der Waals surface area (Å²) in [6.07, 6.45) is 1.13. The number of rotatable bonds is 10. The molecule has 6 rings (SSSR count). The van der Waals surface area contributed by atoms with E-state index in [4.69, 9.17) is 4.74 Å². The average molecular weight is 600 g/mol. The molecule has 3 aromatic rings. The standard InChI is InChI=1S/C34H37N3O5S/c1-21-17-27-28(31(39)35-19-23-11-7-4-8-12-23)29-33(41)37(25(20-38)18-22-9-5-3-6-10-22)30(34(21,29)43-27)32(40)36-24-13-15-26(42-2)16-14-24/h3-16,21,25,27-30,38H,17-20H2,1-2H3,(H,35,39)(H,36,40)/t21?,25-,27-,28+,29+,30?,34?/m1/s1. The number of carbonyl (C=O) groups is 3. The molecule has 3 aliphatic heterocycles. The van der Waals surface area contributed by atoms with Crippen LogP contribution in [0.5, 0.6) is 5.75 Å². The van der Waals surface area contributed by atoms with Crippen molar-refractivity contribution in [2.45, 2.75) is 48.4 Å². The molecule has 0 saturated carbocycles. The minimum atomic E-state index is -0.857. The summed E-state index contributed by atoms with van der Waals surface area (Å²) in [7, 11) is 1.58. The van der Waals surface area contributed by atoms with Gasteiger partial charge in [0.05, 0.1) is 36.3 Å². The quantitative estimate of drug-likeness (QED) is 0.327. The number of carbonyl (C=O) groups excluding carboxylic acids is 3. The number of hydrogen-bond acceptors (Lipinski definition) is 6. The smallest absolute Gasteiger partial charge is 0.248 e. The van der Waals surface area contributed by atoms with Crippen LogP contribution in [-0.2, 0) is 27.3 Å². The molecule has 0 aliphatic carbocycles. The molecule has 9 heteroatoms. The Kier molecular flexibility index (Phi) is 8.20. The van der Waals surface area contributed by atoms with Gasteiger partial charge in [0.1, 0.15) is 11.8 Å². The highest BCUT2D eigenvalue weighted by atomic mass is 32.2. The predicted octanol–water partition coefficient (Wildman–Crippen LogP) is 3.89. The zero-order valence-electron chi connectivity index (χ0n) is 24.3. The molecule has 224 valence electrons. The second-order valence-corrected chi connectivity index (χ2v) is 13.3. The molecule has 2 bridgehead atoms. The molecule has 3 aromatic carbocycles. The molecular formula is C34H37N3O5S. The van der Waals surface area contributed by atoms with Gasteiger partial charge in [-0.1, -0.05) is 67.6 Å². The van der Waals surface area contributed by atoms with Crippen LogP contribution in [0.1, 0.15) is 24.5 Å². The van der Waals surface area contributed by atoms with Crippen LogP contribution in [0.25, 0.3) is 0 Å².